The summed E-state index contributed by atoms with van der Waals surface area (Å²) < 4.78 is 0. The van der Waals surface area contributed by atoms with Gasteiger partial charge in [0.1, 0.15) is 0 Å². The van der Waals surface area contributed by atoms with Crippen LogP contribution in [-0.4, -0.2) is 0 Å². The Morgan fingerprint density at radius 1 is 0.875 bits per heavy atom. The molecule has 0 aliphatic rings. The van der Waals surface area contributed by atoms with E-state index in [0.717, 1.165) is 5.69 Å². The van der Waals surface area contributed by atoms with Crippen LogP contribution in [0.25, 0.3) is 11.1 Å². The van der Waals surface area contributed by atoms with Crippen LogP contribution in [0, 0.1) is 0 Å². The number of rotatable bonds is 2. The van der Waals surface area contributed by atoms with Gasteiger partial charge in [0.25, 0.3) is 0 Å². The molecule has 82 valence electrons. The Labute approximate surface area is 96.9 Å². The lowest BCUT2D eigenvalue weighted by Crippen LogP contribution is -1.89. The molecule has 0 amide bonds. The van der Waals surface area contributed by atoms with Crippen molar-refractivity contribution in [3.63, 3.8) is 0 Å². The maximum Gasteiger partial charge on any atom is 0.0320 e. The van der Waals surface area contributed by atoms with E-state index in [9.17, 15) is 0 Å². The van der Waals surface area contributed by atoms with Gasteiger partial charge in [0.2, 0.25) is 0 Å². The fraction of sp³-hybridized carbons (Fsp3) is 0.200. The molecular weight excluding hydrogens is 194 g/mol. The van der Waals surface area contributed by atoms with Crippen LogP contribution >= 0.6 is 0 Å². The molecular formula is C15H17N. The predicted octanol–water partition coefficient (Wildman–Crippen LogP) is 4.06. The quantitative estimate of drug-likeness (QED) is 0.745. The highest BCUT2D eigenvalue weighted by atomic mass is 14.5. The van der Waals surface area contributed by atoms with Crippen molar-refractivity contribution in [1.29, 1.82) is 0 Å². The molecule has 2 N–H and O–H groups in total. The highest BCUT2D eigenvalue weighted by molar-refractivity contribution is 5.67. The Bertz CT molecular complexity index is 486. The first-order valence-electron chi connectivity index (χ1n) is 5.62. The van der Waals surface area contributed by atoms with Gasteiger partial charge in [-0.25, -0.2) is 0 Å². The molecule has 0 fully saturated rings. The summed E-state index contributed by atoms with van der Waals surface area (Å²) in [5.74, 6) is 0.556. The van der Waals surface area contributed by atoms with Crippen molar-refractivity contribution in [2.45, 2.75) is 19.8 Å². The maximum atomic E-state index is 5.79. The summed E-state index contributed by atoms with van der Waals surface area (Å²) in [6, 6.07) is 16.6. The highest BCUT2D eigenvalue weighted by Crippen LogP contribution is 2.25. The molecule has 2 aromatic carbocycles. The van der Waals surface area contributed by atoms with E-state index in [1.807, 2.05) is 18.2 Å². The number of benzene rings is 2. The summed E-state index contributed by atoms with van der Waals surface area (Å²) in [5.41, 5.74) is 10.4. The third kappa shape index (κ3) is 2.25. The van der Waals surface area contributed by atoms with Crippen LogP contribution in [0.3, 0.4) is 0 Å². The van der Waals surface area contributed by atoms with Crippen LogP contribution in [0.5, 0.6) is 0 Å². The Morgan fingerprint density at radius 2 is 1.50 bits per heavy atom. The fourth-order valence-electron chi connectivity index (χ4n) is 1.80. The number of nitrogens with two attached hydrogens (primary N) is 1. The second kappa shape index (κ2) is 4.40. The van der Waals surface area contributed by atoms with E-state index in [4.69, 9.17) is 5.73 Å². The molecule has 0 aromatic heterocycles. The standard InChI is InChI=1S/C15H17N/c1-11(2)12-5-3-6-13(9-12)14-7-4-8-15(16)10-14/h3-11H,16H2,1-2H3. The van der Waals surface area contributed by atoms with Crippen LogP contribution < -0.4 is 5.73 Å². The molecule has 0 heterocycles. The first kappa shape index (κ1) is 10.7. The molecule has 1 heteroatoms. The zero-order chi connectivity index (χ0) is 11.5. The zero-order valence-corrected chi connectivity index (χ0v) is 9.77. The molecule has 0 unspecified atom stereocenters. The molecule has 0 saturated carbocycles. The summed E-state index contributed by atoms with van der Waals surface area (Å²) in [5, 5.41) is 0. The summed E-state index contributed by atoms with van der Waals surface area (Å²) in [7, 11) is 0. The molecule has 0 aliphatic heterocycles. The lowest BCUT2D eigenvalue weighted by molar-refractivity contribution is 0.867. The number of hydrogen-bond acceptors (Lipinski definition) is 1. The minimum Gasteiger partial charge on any atom is -0.399 e. The van der Waals surface area contributed by atoms with Gasteiger partial charge in [-0.3, -0.25) is 0 Å². The van der Waals surface area contributed by atoms with Gasteiger partial charge in [0.05, 0.1) is 0 Å². The third-order valence-electron chi connectivity index (χ3n) is 2.77. The molecule has 1 nitrogen and oxygen atoms in total. The van der Waals surface area contributed by atoms with Crippen LogP contribution in [0.15, 0.2) is 48.5 Å². The van der Waals surface area contributed by atoms with Gasteiger partial charge in [0.15, 0.2) is 0 Å². The monoisotopic (exact) mass is 211 g/mol. The van der Waals surface area contributed by atoms with Crippen LogP contribution in [0.1, 0.15) is 25.3 Å². The van der Waals surface area contributed by atoms with Crippen molar-refractivity contribution >= 4 is 5.69 Å². The normalized spacial score (nSPS) is 10.7. The van der Waals surface area contributed by atoms with E-state index in [2.05, 4.69) is 44.2 Å². The Hall–Kier alpha value is -1.76. The van der Waals surface area contributed by atoms with E-state index in [-0.39, 0.29) is 0 Å². The first-order chi connectivity index (χ1) is 7.66. The average Bonchev–Trinajstić information content (AvgIpc) is 2.29. The van der Waals surface area contributed by atoms with Gasteiger partial charge in [-0.05, 0) is 34.7 Å². The van der Waals surface area contributed by atoms with Gasteiger partial charge in [-0.2, -0.15) is 0 Å². The first-order valence-corrected chi connectivity index (χ1v) is 5.62. The highest BCUT2D eigenvalue weighted by Gasteiger charge is 2.02. The SMILES string of the molecule is CC(C)c1cccc(-c2cccc(N)c2)c1. The average molecular weight is 211 g/mol. The number of nitrogen functional groups attached to an aromatic ring is 1. The zero-order valence-electron chi connectivity index (χ0n) is 9.77. The number of hydrogen-bond donors (Lipinski definition) is 1. The van der Waals surface area contributed by atoms with Gasteiger partial charge in [0, 0.05) is 5.69 Å². The summed E-state index contributed by atoms with van der Waals surface area (Å²) in [6.07, 6.45) is 0. The smallest absolute Gasteiger partial charge is 0.0320 e. The van der Waals surface area contributed by atoms with Gasteiger partial charge >= 0.3 is 0 Å². The Kier molecular flexibility index (Phi) is 2.95. The van der Waals surface area contributed by atoms with E-state index < -0.39 is 0 Å². The van der Waals surface area contributed by atoms with Crippen molar-refractivity contribution in [3.05, 3.63) is 54.1 Å². The Balaban J connectivity index is 2.44. The van der Waals surface area contributed by atoms with E-state index in [0.29, 0.717) is 5.92 Å². The van der Waals surface area contributed by atoms with E-state index in [1.165, 1.54) is 16.7 Å². The third-order valence-corrected chi connectivity index (χ3v) is 2.77. The van der Waals surface area contributed by atoms with Gasteiger partial charge in [-0.15, -0.1) is 0 Å². The topological polar surface area (TPSA) is 26.0 Å². The summed E-state index contributed by atoms with van der Waals surface area (Å²) >= 11 is 0. The second-order valence-electron chi connectivity index (χ2n) is 4.41. The van der Waals surface area contributed by atoms with Crippen molar-refractivity contribution < 1.29 is 0 Å². The van der Waals surface area contributed by atoms with E-state index in [1.54, 1.807) is 0 Å². The molecule has 0 radical (unpaired) electrons. The maximum absolute atomic E-state index is 5.79. The number of anilines is 1. The lowest BCUT2D eigenvalue weighted by atomic mass is 9.97. The largest absolute Gasteiger partial charge is 0.399 e. The van der Waals surface area contributed by atoms with Crippen molar-refractivity contribution in [2.24, 2.45) is 0 Å². The lowest BCUT2D eigenvalue weighted by Gasteiger charge is -2.08. The van der Waals surface area contributed by atoms with Crippen molar-refractivity contribution in [3.8, 4) is 11.1 Å². The van der Waals surface area contributed by atoms with Crippen molar-refractivity contribution in [1.82, 2.24) is 0 Å². The molecule has 0 saturated heterocycles. The summed E-state index contributed by atoms with van der Waals surface area (Å²) in [6.45, 7) is 4.41. The van der Waals surface area contributed by atoms with Gasteiger partial charge < -0.3 is 5.73 Å². The molecule has 2 aromatic rings. The minimum absolute atomic E-state index is 0.556. The second-order valence-corrected chi connectivity index (χ2v) is 4.41. The molecule has 2 rings (SSSR count). The molecule has 16 heavy (non-hydrogen) atoms. The molecule has 0 aliphatic carbocycles. The molecule has 0 spiro atoms. The van der Waals surface area contributed by atoms with Crippen molar-refractivity contribution in [2.75, 3.05) is 5.73 Å². The molecule has 0 bridgehead atoms. The van der Waals surface area contributed by atoms with Gasteiger partial charge in [-0.1, -0.05) is 50.2 Å². The van der Waals surface area contributed by atoms with Crippen LogP contribution in [-0.2, 0) is 0 Å². The Morgan fingerprint density at radius 3 is 2.12 bits per heavy atom. The minimum atomic E-state index is 0.556. The van der Waals surface area contributed by atoms with E-state index >= 15 is 0 Å². The predicted molar refractivity (Wildman–Crippen MR) is 70.4 cm³/mol. The van der Waals surface area contributed by atoms with Crippen LogP contribution in [0.4, 0.5) is 5.69 Å². The fourth-order valence-corrected chi connectivity index (χ4v) is 1.80. The summed E-state index contributed by atoms with van der Waals surface area (Å²) in [4.78, 5) is 0. The van der Waals surface area contributed by atoms with Crippen LogP contribution in [0.2, 0.25) is 0 Å². The molecule has 0 atom stereocenters.